The van der Waals surface area contributed by atoms with Crippen molar-refractivity contribution in [3.05, 3.63) is 47.3 Å². The normalized spacial score (nSPS) is 18.2. The molecular weight excluding hydrogens is 466 g/mol. The Morgan fingerprint density at radius 1 is 1.11 bits per heavy atom. The number of benzene rings is 1. The molecule has 3 heterocycles. The number of rotatable bonds is 3. The minimum Gasteiger partial charge on any atom is -0.302 e. The highest BCUT2D eigenvalue weighted by Crippen LogP contribution is 2.39. The molecule has 36 heavy (non-hydrogen) atoms. The van der Waals surface area contributed by atoms with Gasteiger partial charge in [-0.2, -0.15) is 0 Å². The summed E-state index contributed by atoms with van der Waals surface area (Å²) in [6.45, 7) is 3.89. The number of aromatic nitrogens is 3. The SMILES string of the molecule is CC(=O)Nc1nc2c(s1)-c1nc(-c3cccc(C#CC4CCN(C5CCCC5)CC4)c3)ncc1CC2. The fourth-order valence-corrected chi connectivity index (χ4v) is 6.77. The zero-order chi connectivity index (χ0) is 24.5. The Bertz CT molecular complexity index is 1340. The van der Waals surface area contributed by atoms with E-state index in [2.05, 4.69) is 44.2 Å². The fraction of sp³-hybridized carbons (Fsp3) is 0.448. The number of carbonyl (C=O) groups excluding carboxylic acids is 1. The summed E-state index contributed by atoms with van der Waals surface area (Å²) in [5, 5.41) is 3.44. The van der Waals surface area contributed by atoms with E-state index >= 15 is 0 Å². The molecule has 1 saturated carbocycles. The van der Waals surface area contributed by atoms with Gasteiger partial charge in [-0.25, -0.2) is 15.0 Å². The second-order valence-corrected chi connectivity index (χ2v) is 11.1. The molecule has 6 nitrogen and oxygen atoms in total. The van der Waals surface area contributed by atoms with Gasteiger partial charge < -0.3 is 10.2 Å². The van der Waals surface area contributed by atoms with Crippen molar-refractivity contribution in [3.63, 3.8) is 0 Å². The molecule has 0 unspecified atom stereocenters. The number of thiazole rings is 1. The van der Waals surface area contributed by atoms with Crippen LogP contribution in [0.15, 0.2) is 30.5 Å². The Balaban J connectivity index is 1.19. The molecule has 0 atom stereocenters. The van der Waals surface area contributed by atoms with Crippen LogP contribution < -0.4 is 5.32 Å². The molecule has 3 aromatic rings. The predicted molar refractivity (Wildman–Crippen MR) is 144 cm³/mol. The van der Waals surface area contributed by atoms with Crippen LogP contribution in [0.4, 0.5) is 5.13 Å². The zero-order valence-corrected chi connectivity index (χ0v) is 21.5. The second-order valence-electron chi connectivity index (χ2n) is 10.1. The lowest BCUT2D eigenvalue weighted by molar-refractivity contribution is -0.114. The number of aryl methyl sites for hydroxylation is 2. The van der Waals surface area contributed by atoms with E-state index in [0.29, 0.717) is 16.9 Å². The summed E-state index contributed by atoms with van der Waals surface area (Å²) in [6, 6.07) is 9.08. The van der Waals surface area contributed by atoms with E-state index in [4.69, 9.17) is 4.98 Å². The Morgan fingerprint density at radius 3 is 2.75 bits per heavy atom. The molecule has 1 amide bonds. The number of nitrogens with one attached hydrogen (secondary N) is 1. The van der Waals surface area contributed by atoms with E-state index in [-0.39, 0.29) is 5.91 Å². The summed E-state index contributed by atoms with van der Waals surface area (Å²) in [7, 11) is 0. The monoisotopic (exact) mass is 497 g/mol. The van der Waals surface area contributed by atoms with Crippen molar-refractivity contribution in [1.29, 1.82) is 0 Å². The first-order valence-electron chi connectivity index (χ1n) is 13.1. The Hall–Kier alpha value is -3.08. The van der Waals surface area contributed by atoms with Crippen molar-refractivity contribution in [2.24, 2.45) is 5.92 Å². The molecule has 1 aromatic carbocycles. The first-order chi connectivity index (χ1) is 17.6. The van der Waals surface area contributed by atoms with E-state index in [1.807, 2.05) is 18.3 Å². The van der Waals surface area contributed by atoms with E-state index in [1.54, 1.807) is 0 Å². The average Bonchev–Trinajstić information content (AvgIpc) is 3.57. The minimum atomic E-state index is -0.109. The van der Waals surface area contributed by atoms with Crippen LogP contribution >= 0.6 is 11.3 Å². The largest absolute Gasteiger partial charge is 0.302 e. The molecule has 184 valence electrons. The number of hydrogen-bond acceptors (Lipinski definition) is 6. The first kappa shape index (κ1) is 23.3. The minimum absolute atomic E-state index is 0.109. The summed E-state index contributed by atoms with van der Waals surface area (Å²) < 4.78 is 0. The molecule has 2 fully saturated rings. The summed E-state index contributed by atoms with van der Waals surface area (Å²) >= 11 is 1.49. The number of nitrogens with zero attached hydrogens (tertiary/aromatic N) is 4. The van der Waals surface area contributed by atoms with E-state index in [9.17, 15) is 4.79 Å². The molecule has 1 N–H and O–H groups in total. The third kappa shape index (κ3) is 4.93. The van der Waals surface area contributed by atoms with Gasteiger partial charge in [-0.3, -0.25) is 4.79 Å². The maximum atomic E-state index is 11.5. The number of hydrogen-bond donors (Lipinski definition) is 1. The third-order valence-electron chi connectivity index (χ3n) is 7.60. The summed E-state index contributed by atoms with van der Waals surface area (Å²) in [5.74, 6) is 8.06. The van der Waals surface area contributed by atoms with Gasteiger partial charge >= 0.3 is 0 Å². The molecule has 6 rings (SSSR count). The van der Waals surface area contributed by atoms with Crippen LogP contribution in [0.3, 0.4) is 0 Å². The van der Waals surface area contributed by atoms with Crippen molar-refractivity contribution in [3.8, 4) is 33.8 Å². The molecule has 1 saturated heterocycles. The van der Waals surface area contributed by atoms with E-state index in [0.717, 1.165) is 51.8 Å². The molecule has 0 spiro atoms. The van der Waals surface area contributed by atoms with E-state index in [1.165, 1.54) is 69.9 Å². The van der Waals surface area contributed by atoms with Crippen molar-refractivity contribution < 1.29 is 4.79 Å². The third-order valence-corrected chi connectivity index (χ3v) is 8.62. The van der Waals surface area contributed by atoms with Crippen LogP contribution in [0.1, 0.15) is 62.3 Å². The zero-order valence-electron chi connectivity index (χ0n) is 20.7. The highest BCUT2D eigenvalue weighted by molar-refractivity contribution is 7.19. The molecule has 0 radical (unpaired) electrons. The predicted octanol–water partition coefficient (Wildman–Crippen LogP) is 5.33. The Kier molecular flexibility index (Phi) is 6.56. The number of piperidine rings is 1. The highest BCUT2D eigenvalue weighted by atomic mass is 32.1. The van der Waals surface area contributed by atoms with Gasteiger partial charge in [0.15, 0.2) is 11.0 Å². The lowest BCUT2D eigenvalue weighted by atomic mass is 9.95. The van der Waals surface area contributed by atoms with Crippen LogP contribution in [0.2, 0.25) is 0 Å². The average molecular weight is 498 g/mol. The van der Waals surface area contributed by atoms with Gasteiger partial charge in [-0.15, -0.1) is 0 Å². The molecule has 1 aliphatic heterocycles. The van der Waals surface area contributed by atoms with Crippen molar-refractivity contribution in [1.82, 2.24) is 19.9 Å². The number of likely N-dealkylation sites (tertiary alicyclic amines) is 1. The van der Waals surface area contributed by atoms with Crippen molar-refractivity contribution >= 4 is 22.4 Å². The van der Waals surface area contributed by atoms with Gasteiger partial charge in [0.05, 0.1) is 16.3 Å². The maximum Gasteiger partial charge on any atom is 0.223 e. The Morgan fingerprint density at radius 2 is 1.94 bits per heavy atom. The first-order valence-corrected chi connectivity index (χ1v) is 13.9. The molecule has 0 bridgehead atoms. The van der Waals surface area contributed by atoms with Gasteiger partial charge in [0.2, 0.25) is 5.91 Å². The van der Waals surface area contributed by atoms with Gasteiger partial charge in [0, 0.05) is 36.2 Å². The highest BCUT2D eigenvalue weighted by Gasteiger charge is 2.26. The van der Waals surface area contributed by atoms with Crippen LogP contribution in [0.5, 0.6) is 0 Å². The van der Waals surface area contributed by atoms with Gasteiger partial charge in [-0.05, 0) is 69.3 Å². The fourth-order valence-electron chi connectivity index (χ4n) is 5.69. The quantitative estimate of drug-likeness (QED) is 0.495. The lowest BCUT2D eigenvalue weighted by Crippen LogP contribution is -2.39. The molecule has 2 aromatic heterocycles. The second kappa shape index (κ2) is 10.1. The number of anilines is 1. The number of fused-ring (bicyclic) bond motifs is 3. The summed E-state index contributed by atoms with van der Waals surface area (Å²) in [5.41, 5.74) is 5.04. The van der Waals surface area contributed by atoms with Gasteiger partial charge in [0.1, 0.15) is 0 Å². The smallest absolute Gasteiger partial charge is 0.223 e. The maximum absolute atomic E-state index is 11.5. The molecule has 3 aliphatic rings. The van der Waals surface area contributed by atoms with Gasteiger partial charge in [0.25, 0.3) is 0 Å². The molecular formula is C29H31N5OS. The summed E-state index contributed by atoms with van der Waals surface area (Å²) in [4.78, 5) is 29.4. The van der Waals surface area contributed by atoms with Crippen LogP contribution in [-0.2, 0) is 17.6 Å². The van der Waals surface area contributed by atoms with Crippen LogP contribution in [0, 0.1) is 17.8 Å². The van der Waals surface area contributed by atoms with E-state index < -0.39 is 0 Å². The van der Waals surface area contributed by atoms with Crippen LogP contribution in [0.25, 0.3) is 22.0 Å². The lowest BCUT2D eigenvalue weighted by Gasteiger charge is -2.34. The van der Waals surface area contributed by atoms with Crippen molar-refractivity contribution in [2.75, 3.05) is 18.4 Å². The molecule has 7 heteroatoms. The topological polar surface area (TPSA) is 71.0 Å². The Labute approximate surface area is 216 Å². The summed E-state index contributed by atoms with van der Waals surface area (Å²) in [6.07, 6.45) is 11.6. The van der Waals surface area contributed by atoms with Crippen molar-refractivity contribution in [2.45, 2.75) is 64.3 Å². The standard InChI is InChI=1S/C29H31N5OS/c1-19(35)31-29-32-25-12-11-23-18-30-28(33-26(23)27(25)36-29)22-6-4-5-21(17-22)10-9-20-13-15-34(16-14-20)24-7-2-3-8-24/h4-6,17-18,20,24H,2-3,7-8,11-16H2,1H3,(H,31,32,35). The van der Waals surface area contributed by atoms with Gasteiger partial charge in [-0.1, -0.05) is 48.2 Å². The number of carbonyl (C=O) groups is 1. The molecule has 2 aliphatic carbocycles. The van der Waals surface area contributed by atoms with Crippen LogP contribution in [-0.4, -0.2) is 44.9 Å². The number of amides is 1.